The molecule has 4 aliphatic rings. The summed E-state index contributed by atoms with van der Waals surface area (Å²) in [4.78, 5) is 44.7. The van der Waals surface area contributed by atoms with Crippen molar-refractivity contribution < 1.29 is 67.3 Å². The molecule has 8 N–H and O–H groups in total. The second kappa shape index (κ2) is 28.6. The summed E-state index contributed by atoms with van der Waals surface area (Å²) in [6, 6.07) is -0.680. The Bertz CT molecular complexity index is 2320. The van der Waals surface area contributed by atoms with Crippen molar-refractivity contribution in [3.05, 3.63) is 51.8 Å². The van der Waals surface area contributed by atoms with Crippen LogP contribution in [0.4, 0.5) is 0 Å². The molecule has 0 saturated carbocycles. The Hall–Kier alpha value is -3.78. The standard InChI is InChI=1S/C53H76N4O14S3/c1-13-14-15-16-17-37(45-34(28(2)24-35(58)46(45)55)21-23-72-74-53(8,9)27-56-22-20-40(54)60)69-42-25-36(59)47(32(6)67-42)57-71-41-19-18-39(31(5)66-41)73-52(62)44-29(3)30(4)49(51(65-12)50(44)64-11)70-43-26-38(63-10)48(61)33(7)68-43/h1,14-15,21,28,31-33,36-39,41-43,47-48,56-57,59,61H,18-20,22-27,55H2,2-12H3,(H2,54,60)/b15-14-,34-21-/t28?,31?,32?,33-,36?,37-,38-,39-,41?,42?,43?,47+,48?/m0/s1. The van der Waals surface area contributed by atoms with Crippen molar-refractivity contribution in [3.8, 4) is 41.4 Å². The number of hydrogen-bond acceptors (Lipinski definition) is 20. The summed E-state index contributed by atoms with van der Waals surface area (Å²) in [6.45, 7) is 16.4. The van der Waals surface area contributed by atoms with Gasteiger partial charge in [-0.1, -0.05) is 64.1 Å². The zero-order valence-corrected chi connectivity index (χ0v) is 46.8. The third-order valence-corrected chi connectivity index (χ3v) is 17.8. The Kier molecular flexibility index (Phi) is 23.6. The molecule has 3 heterocycles. The van der Waals surface area contributed by atoms with E-state index in [1.165, 1.54) is 33.5 Å². The number of rotatable bonds is 22. The van der Waals surface area contributed by atoms with Gasteiger partial charge in [0.25, 0.3) is 0 Å². The van der Waals surface area contributed by atoms with Crippen molar-refractivity contribution in [2.75, 3.05) is 40.2 Å². The van der Waals surface area contributed by atoms with Crippen LogP contribution in [0.15, 0.2) is 35.1 Å². The molecule has 0 radical (unpaired) electrons. The number of thioether (sulfide) groups is 1. The number of hydroxylamine groups is 1. The zero-order valence-electron chi connectivity index (χ0n) is 44.4. The molecule has 21 heteroatoms. The van der Waals surface area contributed by atoms with E-state index in [2.05, 4.69) is 48.5 Å². The number of benzene rings is 1. The van der Waals surface area contributed by atoms with E-state index in [4.69, 9.17) is 60.6 Å². The van der Waals surface area contributed by atoms with Crippen LogP contribution in [0.5, 0.6) is 17.2 Å². The van der Waals surface area contributed by atoms with Gasteiger partial charge in [-0.3, -0.25) is 19.2 Å². The highest BCUT2D eigenvalue weighted by atomic mass is 33.1. The molecular formula is C53H76N4O14S3. The lowest BCUT2D eigenvalue weighted by Crippen LogP contribution is -2.56. The largest absolute Gasteiger partial charge is 0.492 e. The summed E-state index contributed by atoms with van der Waals surface area (Å²) in [5.41, 5.74) is 17.9. The van der Waals surface area contributed by atoms with Crippen LogP contribution in [-0.2, 0) is 38.1 Å². The maximum atomic E-state index is 14.2. The molecule has 3 aliphatic heterocycles. The highest BCUT2D eigenvalue weighted by Crippen LogP contribution is 2.48. The predicted octanol–water partition coefficient (Wildman–Crippen LogP) is 5.31. The van der Waals surface area contributed by atoms with Crippen LogP contribution in [0, 0.1) is 44.0 Å². The minimum absolute atomic E-state index is 0.0313. The van der Waals surface area contributed by atoms with Crippen molar-refractivity contribution in [2.24, 2.45) is 17.4 Å². The number of amides is 1. The van der Waals surface area contributed by atoms with Gasteiger partial charge >= 0.3 is 0 Å². The SMILES string of the molecule is C#C/C=C\C#C[C@H](OC1CC(O)[C@H](NOC2CC[C@H](SC(=O)c3c(C)c(C)c(OC4C[C@H](OC)C(O)[C@H](C)O4)c(OC)c3OC)C(C)O2)C(C)O1)C1=C(N)C(=O)CC(C)/C1=C/CSSC(C)(C)CNCCC(N)=O. The third-order valence-electron chi connectivity index (χ3n) is 13.3. The first-order chi connectivity index (χ1) is 35.1. The zero-order chi connectivity index (χ0) is 54.4. The van der Waals surface area contributed by atoms with Gasteiger partial charge in [0.2, 0.25) is 23.1 Å². The molecule has 13 atom stereocenters. The van der Waals surface area contributed by atoms with E-state index in [1.54, 1.807) is 35.4 Å². The highest BCUT2D eigenvalue weighted by molar-refractivity contribution is 8.77. The lowest BCUT2D eigenvalue weighted by molar-refractivity contribution is -0.266. The smallest absolute Gasteiger partial charge is 0.223 e. The van der Waals surface area contributed by atoms with Crippen molar-refractivity contribution in [1.29, 1.82) is 0 Å². The molecule has 3 saturated heterocycles. The minimum Gasteiger partial charge on any atom is -0.492 e. The quantitative estimate of drug-likeness (QED) is 0.0372. The fraction of sp³-hybridized carbons (Fsp3) is 0.642. The van der Waals surface area contributed by atoms with Crippen molar-refractivity contribution in [3.63, 3.8) is 0 Å². The number of allylic oxidation sites excluding steroid dienone is 3. The average molecular weight is 1090 g/mol. The number of carbonyl (C=O) groups excluding carboxylic acids is 3. The van der Waals surface area contributed by atoms with E-state index >= 15 is 0 Å². The number of terminal acetylenes is 1. The first-order valence-corrected chi connectivity index (χ1v) is 28.0. The first kappa shape index (κ1) is 61.1. The van der Waals surface area contributed by atoms with Gasteiger partial charge in [0.15, 0.2) is 29.9 Å². The van der Waals surface area contributed by atoms with E-state index in [-0.39, 0.29) is 75.6 Å². The number of carbonyl (C=O) groups is 3. The molecule has 0 spiro atoms. The second-order valence-corrected chi connectivity index (χ2v) is 23.6. The molecule has 74 heavy (non-hydrogen) atoms. The van der Waals surface area contributed by atoms with E-state index in [9.17, 15) is 24.6 Å². The first-order valence-electron chi connectivity index (χ1n) is 24.8. The van der Waals surface area contributed by atoms with E-state index in [0.29, 0.717) is 59.7 Å². The topological polar surface area (TPSA) is 251 Å². The van der Waals surface area contributed by atoms with Gasteiger partial charge in [0.05, 0.1) is 62.0 Å². The fourth-order valence-electron chi connectivity index (χ4n) is 9.11. The van der Waals surface area contributed by atoms with E-state index < -0.39 is 67.6 Å². The van der Waals surface area contributed by atoms with Gasteiger partial charge < -0.3 is 64.9 Å². The normalized spacial score (nSPS) is 29.6. The molecule has 5 rings (SSSR count). The summed E-state index contributed by atoms with van der Waals surface area (Å²) < 4.78 is 48.4. The Labute approximate surface area is 448 Å². The number of aliphatic hydroxyl groups excluding tert-OH is 2. The molecular weight excluding hydrogens is 1010 g/mol. The van der Waals surface area contributed by atoms with Crippen LogP contribution >= 0.6 is 33.3 Å². The number of primary amides is 1. The molecule has 1 amide bonds. The molecule has 1 aromatic carbocycles. The van der Waals surface area contributed by atoms with Crippen LogP contribution in [-0.4, -0.2) is 145 Å². The maximum Gasteiger partial charge on any atom is 0.223 e. The fourth-order valence-corrected chi connectivity index (χ4v) is 12.6. The minimum atomic E-state index is -1.00. The van der Waals surface area contributed by atoms with E-state index in [0.717, 1.165) is 17.3 Å². The molecule has 410 valence electrons. The molecule has 0 bridgehead atoms. The molecule has 1 aliphatic carbocycles. The Balaban J connectivity index is 1.20. The summed E-state index contributed by atoms with van der Waals surface area (Å²) >= 11 is 1.15. The van der Waals surface area contributed by atoms with Gasteiger partial charge in [-0.25, -0.2) is 0 Å². The van der Waals surface area contributed by atoms with E-state index in [1.807, 2.05) is 27.7 Å². The van der Waals surface area contributed by atoms with Crippen LogP contribution in [0.25, 0.3) is 0 Å². The Morgan fingerprint density at radius 1 is 0.946 bits per heavy atom. The van der Waals surface area contributed by atoms with Gasteiger partial charge in [-0.15, -0.1) is 6.42 Å². The number of methoxy groups -OCH3 is 3. The van der Waals surface area contributed by atoms with Gasteiger partial charge in [0, 0.05) is 73.6 Å². The van der Waals surface area contributed by atoms with Crippen LogP contribution in [0.2, 0.25) is 0 Å². The second-order valence-electron chi connectivity index (χ2n) is 19.4. The predicted molar refractivity (Wildman–Crippen MR) is 287 cm³/mol. The summed E-state index contributed by atoms with van der Waals surface area (Å²) in [7, 11) is 7.82. The van der Waals surface area contributed by atoms with Crippen LogP contribution in [0.1, 0.15) is 102 Å². The lowest BCUT2D eigenvalue weighted by Gasteiger charge is -2.40. The molecule has 1 aromatic rings. The van der Waals surface area contributed by atoms with Crippen molar-refractivity contribution in [2.45, 2.75) is 172 Å². The number of Topliss-reactive ketones (excluding diaryl/α,β-unsaturated/α-hetero) is 1. The molecule has 3 fully saturated rings. The number of nitrogens with two attached hydrogens (primary N) is 2. The van der Waals surface area contributed by atoms with Gasteiger partial charge in [-0.2, -0.15) is 5.48 Å². The monoisotopic (exact) mass is 1090 g/mol. The third kappa shape index (κ3) is 16.1. The Morgan fingerprint density at radius 3 is 2.30 bits per heavy atom. The van der Waals surface area contributed by atoms with Crippen LogP contribution in [0.3, 0.4) is 0 Å². The summed E-state index contributed by atoms with van der Waals surface area (Å²) in [5.74, 6) is 9.13. The number of ether oxygens (including phenoxy) is 8. The van der Waals surface area contributed by atoms with Gasteiger partial charge in [0.1, 0.15) is 12.2 Å². The van der Waals surface area contributed by atoms with Crippen molar-refractivity contribution >= 4 is 50.2 Å². The molecule has 18 nitrogen and oxygen atoms in total. The molecule has 0 aromatic heterocycles. The maximum absolute atomic E-state index is 14.2. The summed E-state index contributed by atoms with van der Waals surface area (Å²) in [6.07, 6.45) is 5.00. The Morgan fingerprint density at radius 2 is 1.65 bits per heavy atom. The average Bonchev–Trinajstić information content (AvgIpc) is 3.34. The van der Waals surface area contributed by atoms with Crippen LogP contribution < -0.4 is 36.5 Å². The number of nitrogens with one attached hydrogen (secondary N) is 2. The lowest BCUT2D eigenvalue weighted by atomic mass is 9.80. The highest BCUT2D eigenvalue weighted by Gasteiger charge is 2.42. The number of ketones is 1. The number of aliphatic hydroxyl groups is 2. The van der Waals surface area contributed by atoms with Gasteiger partial charge in [-0.05, 0) is 89.7 Å². The molecule has 8 unspecified atom stereocenters. The van der Waals surface area contributed by atoms with Crippen molar-refractivity contribution in [1.82, 2.24) is 10.8 Å². The summed E-state index contributed by atoms with van der Waals surface area (Å²) in [5, 5.41) is 24.8. The number of hydrogen-bond donors (Lipinski definition) is 6.